The lowest BCUT2D eigenvalue weighted by Gasteiger charge is -2.34. The van der Waals surface area contributed by atoms with Crippen LogP contribution in [0.25, 0.3) is 10.8 Å². The summed E-state index contributed by atoms with van der Waals surface area (Å²) in [6.45, 7) is 0.0239. The molecular weight excluding hydrogens is 514 g/mol. The molecule has 1 aromatic heterocycles. The number of nitriles is 1. The lowest BCUT2D eigenvalue weighted by atomic mass is 9.90. The molecule has 2 heterocycles. The predicted octanol–water partition coefficient (Wildman–Crippen LogP) is 3.42. The molecule has 1 fully saturated rings. The Balaban J connectivity index is 1.48. The van der Waals surface area contributed by atoms with Crippen LogP contribution in [-0.2, 0) is 21.4 Å². The molecule has 1 atom stereocenters. The van der Waals surface area contributed by atoms with Crippen molar-refractivity contribution >= 4 is 49.9 Å². The highest BCUT2D eigenvalue weighted by molar-refractivity contribution is 7.89. The number of nitrogens with zero attached hydrogens (tertiary/aromatic N) is 3. The third-order valence-electron chi connectivity index (χ3n) is 6.98. The van der Waals surface area contributed by atoms with E-state index in [2.05, 4.69) is 21.7 Å². The van der Waals surface area contributed by atoms with E-state index < -0.39 is 27.3 Å². The van der Waals surface area contributed by atoms with Crippen molar-refractivity contribution in [2.45, 2.75) is 25.3 Å². The fourth-order valence-corrected chi connectivity index (χ4v) is 6.80. The van der Waals surface area contributed by atoms with Crippen molar-refractivity contribution in [3.8, 4) is 6.07 Å². The number of amides is 2. The van der Waals surface area contributed by atoms with E-state index in [0.717, 1.165) is 5.39 Å². The van der Waals surface area contributed by atoms with Crippen molar-refractivity contribution < 1.29 is 18.0 Å². The Kier molecular flexibility index (Phi) is 6.40. The summed E-state index contributed by atoms with van der Waals surface area (Å²) < 4.78 is 27.8. The van der Waals surface area contributed by atoms with Gasteiger partial charge in [0.1, 0.15) is 0 Å². The van der Waals surface area contributed by atoms with Crippen molar-refractivity contribution in [1.29, 1.82) is 5.26 Å². The molecule has 11 heteroatoms. The summed E-state index contributed by atoms with van der Waals surface area (Å²) in [7, 11) is -2.26. The van der Waals surface area contributed by atoms with Crippen LogP contribution in [0.2, 0.25) is 5.02 Å². The largest absolute Gasteiger partial charge is 0.355 e. The number of hydrogen-bond acceptors (Lipinski definition) is 6. The van der Waals surface area contributed by atoms with Gasteiger partial charge in [-0.25, -0.2) is 8.42 Å². The normalized spacial score (nSPS) is 18.5. The van der Waals surface area contributed by atoms with Gasteiger partial charge in [-0.05, 0) is 48.2 Å². The first-order valence-electron chi connectivity index (χ1n) is 11.7. The van der Waals surface area contributed by atoms with Crippen molar-refractivity contribution in [2.75, 3.05) is 24.7 Å². The van der Waals surface area contributed by atoms with Gasteiger partial charge in [0.2, 0.25) is 15.9 Å². The highest BCUT2D eigenvalue weighted by Crippen LogP contribution is 2.47. The topological polar surface area (TPSA) is 132 Å². The number of rotatable bonds is 6. The molecule has 2 aromatic carbocycles. The minimum Gasteiger partial charge on any atom is -0.355 e. The molecule has 37 heavy (non-hydrogen) atoms. The van der Waals surface area contributed by atoms with Gasteiger partial charge in [-0.2, -0.15) is 9.57 Å². The van der Waals surface area contributed by atoms with Crippen LogP contribution in [0, 0.1) is 16.7 Å². The van der Waals surface area contributed by atoms with E-state index in [1.165, 1.54) is 17.5 Å². The number of halogens is 1. The molecule has 5 rings (SSSR count). The Bertz CT molecular complexity index is 1580. The average Bonchev–Trinajstić information content (AvgIpc) is 3.66. The van der Waals surface area contributed by atoms with Gasteiger partial charge in [-0.1, -0.05) is 23.7 Å². The Morgan fingerprint density at radius 1 is 1.22 bits per heavy atom. The number of anilines is 1. The zero-order chi connectivity index (χ0) is 26.4. The van der Waals surface area contributed by atoms with E-state index in [-0.39, 0.29) is 24.7 Å². The second-order valence-electron chi connectivity index (χ2n) is 9.53. The number of nitrogens with one attached hydrogen (secondary N) is 2. The molecule has 3 aromatic rings. The molecule has 1 aliphatic carbocycles. The third kappa shape index (κ3) is 4.90. The monoisotopic (exact) mass is 537 g/mol. The lowest BCUT2D eigenvalue weighted by molar-refractivity contribution is -0.118. The third-order valence-corrected chi connectivity index (χ3v) is 9.20. The van der Waals surface area contributed by atoms with Crippen molar-refractivity contribution in [2.24, 2.45) is 5.41 Å². The first-order valence-corrected chi connectivity index (χ1v) is 13.7. The van der Waals surface area contributed by atoms with E-state index in [4.69, 9.17) is 11.6 Å². The van der Waals surface area contributed by atoms with Gasteiger partial charge in [0.05, 0.1) is 35.0 Å². The Hall–Kier alpha value is -3.52. The summed E-state index contributed by atoms with van der Waals surface area (Å²) in [6, 6.07) is 12.3. The summed E-state index contributed by atoms with van der Waals surface area (Å²) in [5.74, 6) is -1.79. The molecular formula is C26H24ClN5O4S. The number of sulfonamides is 1. The van der Waals surface area contributed by atoms with Crippen LogP contribution >= 0.6 is 11.6 Å². The summed E-state index contributed by atoms with van der Waals surface area (Å²) in [6.07, 6.45) is 4.23. The molecule has 0 bridgehead atoms. The van der Waals surface area contributed by atoms with Crippen LogP contribution in [0.1, 0.15) is 40.2 Å². The van der Waals surface area contributed by atoms with E-state index >= 15 is 0 Å². The zero-order valence-electron chi connectivity index (χ0n) is 20.0. The Labute approximate surface area is 219 Å². The van der Waals surface area contributed by atoms with Gasteiger partial charge in [-0.15, -0.1) is 0 Å². The standard InChI is InChI=1S/C26H24ClN5O4S/c1-29-24(33)16-2-3-17-10-30-11-23(21(17)8-16)31-25(34)22-13-32(12-18-4-5-19(27)9-20(18)22)37(35,36)15-26(14-28)6-7-26/h2-5,8-11,22H,6-7,12-13,15H2,1H3,(H,29,33)(H,31,34). The van der Waals surface area contributed by atoms with Crippen LogP contribution in [0.15, 0.2) is 48.8 Å². The molecule has 2 aliphatic rings. The van der Waals surface area contributed by atoms with Crippen LogP contribution in [0.3, 0.4) is 0 Å². The van der Waals surface area contributed by atoms with E-state index in [0.29, 0.717) is 45.6 Å². The molecule has 2 amide bonds. The predicted molar refractivity (Wildman–Crippen MR) is 139 cm³/mol. The second-order valence-corrected chi connectivity index (χ2v) is 11.9. The number of fused-ring (bicyclic) bond motifs is 2. The maximum atomic E-state index is 13.7. The summed E-state index contributed by atoms with van der Waals surface area (Å²) in [4.78, 5) is 30.0. The summed E-state index contributed by atoms with van der Waals surface area (Å²) in [5, 5.41) is 16.7. The first-order chi connectivity index (χ1) is 17.6. The molecule has 190 valence electrons. The Morgan fingerprint density at radius 3 is 2.70 bits per heavy atom. The van der Waals surface area contributed by atoms with Gasteiger partial charge in [0.25, 0.3) is 5.91 Å². The zero-order valence-corrected chi connectivity index (χ0v) is 21.6. The van der Waals surface area contributed by atoms with Gasteiger partial charge in [-0.3, -0.25) is 14.6 Å². The molecule has 1 aliphatic heterocycles. The van der Waals surface area contributed by atoms with Crippen LogP contribution in [0.4, 0.5) is 5.69 Å². The fourth-order valence-electron chi connectivity index (χ4n) is 4.68. The van der Waals surface area contributed by atoms with Crippen molar-refractivity contribution in [3.63, 3.8) is 0 Å². The maximum absolute atomic E-state index is 13.7. The SMILES string of the molecule is CNC(=O)c1ccc2cncc(NC(=O)C3CN(S(=O)(=O)CC4(C#N)CC4)Cc4ccc(Cl)cc43)c2c1. The second kappa shape index (κ2) is 9.41. The number of aromatic nitrogens is 1. The molecule has 0 spiro atoms. The highest BCUT2D eigenvalue weighted by Gasteiger charge is 2.49. The average molecular weight is 538 g/mol. The van der Waals surface area contributed by atoms with Crippen LogP contribution in [-0.4, -0.2) is 48.9 Å². The quantitative estimate of drug-likeness (QED) is 0.495. The number of pyridine rings is 1. The molecule has 0 saturated heterocycles. The van der Waals surface area contributed by atoms with Crippen molar-refractivity contribution in [3.05, 3.63) is 70.5 Å². The number of carbonyl (C=O) groups is 2. The van der Waals surface area contributed by atoms with Gasteiger partial charge >= 0.3 is 0 Å². The van der Waals surface area contributed by atoms with E-state index in [1.54, 1.807) is 42.6 Å². The van der Waals surface area contributed by atoms with Gasteiger partial charge in [0.15, 0.2) is 0 Å². The molecule has 9 nitrogen and oxygen atoms in total. The van der Waals surface area contributed by atoms with Crippen LogP contribution in [0.5, 0.6) is 0 Å². The minimum absolute atomic E-state index is 0.0787. The number of benzene rings is 2. The lowest BCUT2D eigenvalue weighted by Crippen LogP contribution is -2.44. The summed E-state index contributed by atoms with van der Waals surface area (Å²) >= 11 is 6.24. The van der Waals surface area contributed by atoms with Gasteiger partial charge < -0.3 is 10.6 Å². The van der Waals surface area contributed by atoms with Crippen LogP contribution < -0.4 is 10.6 Å². The molecule has 1 unspecified atom stereocenters. The first kappa shape index (κ1) is 25.1. The van der Waals surface area contributed by atoms with E-state index in [9.17, 15) is 23.3 Å². The smallest absolute Gasteiger partial charge is 0.251 e. The molecule has 2 N–H and O–H groups in total. The number of carbonyl (C=O) groups excluding carboxylic acids is 2. The van der Waals surface area contributed by atoms with Gasteiger partial charge in [0, 0.05) is 47.7 Å². The summed E-state index contributed by atoms with van der Waals surface area (Å²) in [5.41, 5.74) is 1.32. The minimum atomic E-state index is -3.79. The highest BCUT2D eigenvalue weighted by atomic mass is 35.5. The Morgan fingerprint density at radius 2 is 2.00 bits per heavy atom. The maximum Gasteiger partial charge on any atom is 0.251 e. The van der Waals surface area contributed by atoms with E-state index in [1.807, 2.05) is 0 Å². The number of hydrogen-bond donors (Lipinski definition) is 2. The molecule has 0 radical (unpaired) electrons. The fraction of sp³-hybridized carbons (Fsp3) is 0.308. The molecule has 1 saturated carbocycles. The van der Waals surface area contributed by atoms with Crippen molar-refractivity contribution in [1.82, 2.24) is 14.6 Å².